The number of aryl methyl sites for hydroxylation is 1. The minimum atomic E-state index is -0.479. The molecule has 0 saturated heterocycles. The first kappa shape index (κ1) is 17.6. The summed E-state index contributed by atoms with van der Waals surface area (Å²) in [6.07, 6.45) is 2.75. The number of nitrogens with one attached hydrogen (secondary N) is 1. The second kappa shape index (κ2) is 7.35. The fourth-order valence-electron chi connectivity index (χ4n) is 3.61. The van der Waals surface area contributed by atoms with Gasteiger partial charge in [-0.05, 0) is 43.9 Å². The van der Waals surface area contributed by atoms with E-state index in [1.807, 2.05) is 0 Å². The third-order valence-corrected chi connectivity index (χ3v) is 4.98. The zero-order chi connectivity index (χ0) is 17.9. The Morgan fingerprint density at radius 1 is 1.44 bits per heavy atom. The molecule has 1 aliphatic carbocycles. The molecule has 1 amide bonds. The SMILES string of the molecule is Cc1cc(CC(=O)NC[C@]2(Cc3ccc(F)cc3)CCC[C@H]2O)no1. The fourth-order valence-corrected chi connectivity index (χ4v) is 3.61. The summed E-state index contributed by atoms with van der Waals surface area (Å²) in [4.78, 5) is 12.2. The van der Waals surface area contributed by atoms with Gasteiger partial charge in [0.2, 0.25) is 5.91 Å². The predicted molar refractivity (Wildman–Crippen MR) is 90.3 cm³/mol. The number of hydrogen-bond donors (Lipinski definition) is 2. The van der Waals surface area contributed by atoms with Crippen LogP contribution in [0.5, 0.6) is 0 Å². The molecule has 1 saturated carbocycles. The van der Waals surface area contributed by atoms with Gasteiger partial charge in [0.05, 0.1) is 18.2 Å². The molecule has 0 bridgehead atoms. The number of aliphatic hydroxyl groups excluding tert-OH is 1. The number of benzene rings is 1. The van der Waals surface area contributed by atoms with E-state index in [9.17, 15) is 14.3 Å². The van der Waals surface area contributed by atoms with E-state index in [1.165, 1.54) is 12.1 Å². The summed E-state index contributed by atoms with van der Waals surface area (Å²) in [5.41, 5.74) is 1.14. The molecule has 1 aromatic carbocycles. The standard InChI is InChI=1S/C19H23FN2O3/c1-13-9-16(22-25-13)10-18(24)21-12-19(8-2-3-17(19)23)11-14-4-6-15(20)7-5-14/h4-7,9,17,23H,2-3,8,10-12H2,1H3,(H,21,24)/t17-,19-/m1/s1. The minimum absolute atomic E-state index is 0.147. The van der Waals surface area contributed by atoms with Gasteiger partial charge in [0.15, 0.2) is 0 Å². The molecular weight excluding hydrogens is 323 g/mol. The number of carbonyl (C=O) groups is 1. The Morgan fingerprint density at radius 3 is 2.80 bits per heavy atom. The average molecular weight is 346 g/mol. The van der Waals surface area contributed by atoms with E-state index in [2.05, 4.69) is 10.5 Å². The number of rotatable bonds is 6. The summed E-state index contributed by atoms with van der Waals surface area (Å²) >= 11 is 0. The first-order valence-electron chi connectivity index (χ1n) is 8.58. The van der Waals surface area contributed by atoms with Crippen LogP contribution >= 0.6 is 0 Å². The van der Waals surface area contributed by atoms with Crippen LogP contribution in [0.3, 0.4) is 0 Å². The lowest BCUT2D eigenvalue weighted by Crippen LogP contribution is -2.44. The molecule has 2 aromatic rings. The van der Waals surface area contributed by atoms with Crippen LogP contribution < -0.4 is 5.32 Å². The fraction of sp³-hybridized carbons (Fsp3) is 0.474. The average Bonchev–Trinajstić information content (AvgIpc) is 3.14. The van der Waals surface area contributed by atoms with Gasteiger partial charge >= 0.3 is 0 Å². The van der Waals surface area contributed by atoms with E-state index in [0.717, 1.165) is 24.8 Å². The summed E-state index contributed by atoms with van der Waals surface area (Å²) in [7, 11) is 0. The van der Waals surface area contributed by atoms with Gasteiger partial charge in [-0.25, -0.2) is 4.39 Å². The van der Waals surface area contributed by atoms with Gasteiger partial charge in [-0.15, -0.1) is 0 Å². The Balaban J connectivity index is 1.64. The van der Waals surface area contributed by atoms with Crippen LogP contribution in [0.15, 0.2) is 34.9 Å². The zero-order valence-electron chi connectivity index (χ0n) is 14.3. The second-order valence-electron chi connectivity index (χ2n) is 6.96. The van der Waals surface area contributed by atoms with Crippen molar-refractivity contribution >= 4 is 5.91 Å². The van der Waals surface area contributed by atoms with Gasteiger partial charge in [0.25, 0.3) is 0 Å². The Morgan fingerprint density at radius 2 is 2.20 bits per heavy atom. The normalized spacial score (nSPS) is 22.9. The molecule has 25 heavy (non-hydrogen) atoms. The van der Waals surface area contributed by atoms with Crippen LogP contribution in [0.1, 0.15) is 36.3 Å². The van der Waals surface area contributed by atoms with Crippen molar-refractivity contribution < 1.29 is 18.8 Å². The molecule has 1 heterocycles. The van der Waals surface area contributed by atoms with Gasteiger partial charge in [0.1, 0.15) is 11.6 Å². The van der Waals surface area contributed by atoms with Gasteiger partial charge < -0.3 is 14.9 Å². The highest BCUT2D eigenvalue weighted by Gasteiger charge is 2.42. The van der Waals surface area contributed by atoms with E-state index >= 15 is 0 Å². The molecule has 0 radical (unpaired) electrons. The molecule has 134 valence electrons. The van der Waals surface area contributed by atoms with Crippen LogP contribution in [0.25, 0.3) is 0 Å². The maximum Gasteiger partial charge on any atom is 0.226 e. The smallest absolute Gasteiger partial charge is 0.226 e. The Bertz CT molecular complexity index is 729. The molecule has 6 heteroatoms. The molecule has 2 atom stereocenters. The molecule has 5 nitrogen and oxygen atoms in total. The lowest BCUT2D eigenvalue weighted by molar-refractivity contribution is -0.121. The van der Waals surface area contributed by atoms with Crippen LogP contribution in [0, 0.1) is 18.2 Å². The van der Waals surface area contributed by atoms with Gasteiger partial charge in [-0.2, -0.15) is 0 Å². The number of aromatic nitrogens is 1. The van der Waals surface area contributed by atoms with Gasteiger partial charge in [-0.1, -0.05) is 23.7 Å². The third-order valence-electron chi connectivity index (χ3n) is 4.98. The van der Waals surface area contributed by atoms with Crippen LogP contribution in [-0.2, 0) is 17.6 Å². The van der Waals surface area contributed by atoms with Crippen molar-refractivity contribution in [1.82, 2.24) is 10.5 Å². The predicted octanol–water partition coefficient (Wildman–Crippen LogP) is 2.55. The van der Waals surface area contributed by atoms with E-state index in [-0.39, 0.29) is 18.1 Å². The number of halogens is 1. The molecule has 1 fully saturated rings. The zero-order valence-corrected chi connectivity index (χ0v) is 14.3. The molecule has 1 aliphatic rings. The van der Waals surface area contributed by atoms with Crippen LogP contribution in [0.4, 0.5) is 4.39 Å². The van der Waals surface area contributed by atoms with E-state index in [4.69, 9.17) is 4.52 Å². The Labute approximate surface area is 146 Å². The number of nitrogens with zero attached hydrogens (tertiary/aromatic N) is 1. The highest BCUT2D eigenvalue weighted by molar-refractivity contribution is 5.78. The largest absolute Gasteiger partial charge is 0.392 e. The minimum Gasteiger partial charge on any atom is -0.392 e. The first-order valence-corrected chi connectivity index (χ1v) is 8.58. The number of aliphatic hydroxyl groups is 1. The van der Waals surface area contributed by atoms with Gasteiger partial charge in [0, 0.05) is 18.0 Å². The highest BCUT2D eigenvalue weighted by atomic mass is 19.1. The van der Waals surface area contributed by atoms with Crippen LogP contribution in [0.2, 0.25) is 0 Å². The summed E-state index contributed by atoms with van der Waals surface area (Å²) in [6.45, 7) is 2.17. The Kier molecular flexibility index (Phi) is 5.18. The lowest BCUT2D eigenvalue weighted by atomic mass is 9.78. The topological polar surface area (TPSA) is 75.4 Å². The molecule has 1 aromatic heterocycles. The molecule has 0 aliphatic heterocycles. The van der Waals surface area contributed by atoms with Gasteiger partial charge in [-0.3, -0.25) is 4.79 Å². The van der Waals surface area contributed by atoms with Crippen molar-refractivity contribution in [3.05, 3.63) is 53.2 Å². The van der Waals surface area contributed by atoms with Crippen molar-refractivity contribution in [2.24, 2.45) is 5.41 Å². The molecular formula is C19H23FN2O3. The summed E-state index contributed by atoms with van der Waals surface area (Å²) in [6, 6.07) is 8.06. The Hall–Kier alpha value is -2.21. The number of carbonyl (C=O) groups excluding carboxylic acids is 1. The quantitative estimate of drug-likeness (QED) is 0.843. The molecule has 0 unspecified atom stereocenters. The maximum absolute atomic E-state index is 13.1. The maximum atomic E-state index is 13.1. The third kappa shape index (κ3) is 4.25. The first-order chi connectivity index (χ1) is 12.0. The summed E-state index contributed by atoms with van der Waals surface area (Å²) in [5.74, 6) is 0.244. The lowest BCUT2D eigenvalue weighted by Gasteiger charge is -2.33. The summed E-state index contributed by atoms with van der Waals surface area (Å²) in [5, 5.41) is 17.3. The van der Waals surface area contributed by atoms with Crippen molar-refractivity contribution in [3.63, 3.8) is 0 Å². The highest BCUT2D eigenvalue weighted by Crippen LogP contribution is 2.40. The van der Waals surface area contributed by atoms with Crippen molar-refractivity contribution in [1.29, 1.82) is 0 Å². The number of hydrogen-bond acceptors (Lipinski definition) is 4. The molecule has 2 N–H and O–H groups in total. The molecule has 3 rings (SSSR count). The van der Waals surface area contributed by atoms with Crippen molar-refractivity contribution in [2.75, 3.05) is 6.54 Å². The molecule has 0 spiro atoms. The van der Waals surface area contributed by atoms with E-state index in [1.54, 1.807) is 25.1 Å². The van der Waals surface area contributed by atoms with E-state index in [0.29, 0.717) is 24.4 Å². The second-order valence-corrected chi connectivity index (χ2v) is 6.96. The van der Waals surface area contributed by atoms with Crippen molar-refractivity contribution in [3.8, 4) is 0 Å². The summed E-state index contributed by atoms with van der Waals surface area (Å²) < 4.78 is 18.1. The van der Waals surface area contributed by atoms with Crippen molar-refractivity contribution in [2.45, 2.75) is 45.1 Å². The monoisotopic (exact) mass is 346 g/mol. The van der Waals surface area contributed by atoms with Crippen LogP contribution in [-0.4, -0.2) is 28.8 Å². The number of amides is 1. The van der Waals surface area contributed by atoms with E-state index < -0.39 is 11.5 Å².